The third kappa shape index (κ3) is 5.59. The number of rotatable bonds is 7. The molecule has 3 rings (SSSR count). The predicted molar refractivity (Wildman–Crippen MR) is 88.4 cm³/mol. The highest BCUT2D eigenvalue weighted by molar-refractivity contribution is 5.78. The lowest BCUT2D eigenvalue weighted by atomic mass is 10.0. The van der Waals surface area contributed by atoms with E-state index in [1.54, 1.807) is 0 Å². The van der Waals surface area contributed by atoms with Gasteiger partial charge in [0.25, 0.3) is 0 Å². The molecule has 23 heavy (non-hydrogen) atoms. The van der Waals surface area contributed by atoms with Gasteiger partial charge in [0.15, 0.2) is 0 Å². The van der Waals surface area contributed by atoms with Crippen LogP contribution in [-0.4, -0.2) is 43.0 Å². The van der Waals surface area contributed by atoms with Crippen LogP contribution < -0.4 is 10.6 Å². The molecule has 1 heterocycles. The molecular weight excluding hydrogens is 293 g/mol. The van der Waals surface area contributed by atoms with E-state index in [9.17, 15) is 9.18 Å². The van der Waals surface area contributed by atoms with Gasteiger partial charge in [-0.15, -0.1) is 0 Å². The first kappa shape index (κ1) is 16.4. The van der Waals surface area contributed by atoms with Crippen molar-refractivity contribution in [2.24, 2.45) is 5.92 Å². The van der Waals surface area contributed by atoms with E-state index in [4.69, 9.17) is 0 Å². The molecule has 4 nitrogen and oxygen atoms in total. The molecule has 5 heteroatoms. The second kappa shape index (κ2) is 7.88. The summed E-state index contributed by atoms with van der Waals surface area (Å²) in [4.78, 5) is 14.3. The van der Waals surface area contributed by atoms with Crippen LogP contribution in [0.15, 0.2) is 24.3 Å². The maximum absolute atomic E-state index is 12.9. The Morgan fingerprint density at radius 1 is 1.13 bits per heavy atom. The van der Waals surface area contributed by atoms with Crippen molar-refractivity contribution in [3.05, 3.63) is 35.6 Å². The summed E-state index contributed by atoms with van der Waals surface area (Å²) in [6.07, 6.45) is 4.58. The van der Waals surface area contributed by atoms with E-state index in [1.807, 2.05) is 12.1 Å². The SMILES string of the molecule is O=C(CNCC1CC1)NC1CCN(Cc2ccc(F)cc2)CC1. The van der Waals surface area contributed by atoms with E-state index in [0.717, 1.165) is 50.5 Å². The third-order valence-electron chi connectivity index (χ3n) is 4.69. The summed E-state index contributed by atoms with van der Waals surface area (Å²) in [5.74, 6) is 0.727. The van der Waals surface area contributed by atoms with Crippen molar-refractivity contribution in [3.8, 4) is 0 Å². The molecule has 1 aliphatic heterocycles. The first-order valence-electron chi connectivity index (χ1n) is 8.66. The molecule has 1 saturated carbocycles. The maximum atomic E-state index is 12.9. The molecule has 126 valence electrons. The van der Waals surface area contributed by atoms with Gasteiger partial charge in [-0.1, -0.05) is 12.1 Å². The fourth-order valence-corrected chi connectivity index (χ4v) is 3.07. The van der Waals surface area contributed by atoms with Crippen molar-refractivity contribution in [2.75, 3.05) is 26.2 Å². The van der Waals surface area contributed by atoms with Crippen LogP contribution in [0.4, 0.5) is 4.39 Å². The van der Waals surface area contributed by atoms with Crippen LogP contribution in [0.2, 0.25) is 0 Å². The second-order valence-corrected chi connectivity index (χ2v) is 6.82. The van der Waals surface area contributed by atoms with Crippen molar-refractivity contribution < 1.29 is 9.18 Å². The summed E-state index contributed by atoms with van der Waals surface area (Å²) in [7, 11) is 0. The van der Waals surface area contributed by atoms with Gasteiger partial charge >= 0.3 is 0 Å². The smallest absolute Gasteiger partial charge is 0.234 e. The van der Waals surface area contributed by atoms with Gasteiger partial charge in [0.1, 0.15) is 5.82 Å². The summed E-state index contributed by atoms with van der Waals surface area (Å²) in [6.45, 7) is 4.20. The number of amides is 1. The summed E-state index contributed by atoms with van der Waals surface area (Å²) >= 11 is 0. The molecule has 0 unspecified atom stereocenters. The molecule has 0 spiro atoms. The molecule has 0 bridgehead atoms. The van der Waals surface area contributed by atoms with Crippen LogP contribution in [0.3, 0.4) is 0 Å². The lowest BCUT2D eigenvalue weighted by Gasteiger charge is -2.32. The number of piperidine rings is 1. The highest BCUT2D eigenvalue weighted by atomic mass is 19.1. The van der Waals surface area contributed by atoms with Crippen LogP contribution in [0.25, 0.3) is 0 Å². The number of halogens is 1. The van der Waals surface area contributed by atoms with E-state index in [-0.39, 0.29) is 17.8 Å². The Bertz CT molecular complexity index is 508. The van der Waals surface area contributed by atoms with Crippen LogP contribution in [-0.2, 0) is 11.3 Å². The van der Waals surface area contributed by atoms with E-state index in [1.165, 1.54) is 25.0 Å². The molecule has 2 aliphatic rings. The van der Waals surface area contributed by atoms with Gasteiger partial charge in [-0.25, -0.2) is 4.39 Å². The predicted octanol–water partition coefficient (Wildman–Crippen LogP) is 1.91. The Labute approximate surface area is 137 Å². The lowest BCUT2D eigenvalue weighted by Crippen LogP contribution is -2.46. The number of nitrogens with one attached hydrogen (secondary N) is 2. The fraction of sp³-hybridized carbons (Fsp3) is 0.611. The normalized spacial score (nSPS) is 19.7. The number of benzene rings is 1. The quantitative estimate of drug-likeness (QED) is 0.807. The Kier molecular flexibility index (Phi) is 5.62. The standard InChI is InChI=1S/C18H26FN3O/c19-16-5-3-15(4-6-16)13-22-9-7-17(8-10-22)21-18(23)12-20-11-14-1-2-14/h3-6,14,17,20H,1-2,7-13H2,(H,21,23). The first-order chi connectivity index (χ1) is 11.2. The van der Waals surface area contributed by atoms with Crippen molar-refractivity contribution in [1.82, 2.24) is 15.5 Å². The maximum Gasteiger partial charge on any atom is 0.234 e. The zero-order valence-corrected chi connectivity index (χ0v) is 13.6. The average Bonchev–Trinajstić information content (AvgIpc) is 3.36. The summed E-state index contributed by atoms with van der Waals surface area (Å²) in [5, 5.41) is 6.36. The molecule has 1 aromatic rings. The molecule has 2 fully saturated rings. The topological polar surface area (TPSA) is 44.4 Å². The highest BCUT2D eigenvalue weighted by Gasteiger charge is 2.22. The molecule has 1 aliphatic carbocycles. The Morgan fingerprint density at radius 3 is 2.48 bits per heavy atom. The summed E-state index contributed by atoms with van der Waals surface area (Å²) in [5.41, 5.74) is 1.14. The average molecular weight is 319 g/mol. The fourth-order valence-electron chi connectivity index (χ4n) is 3.07. The van der Waals surface area contributed by atoms with Crippen LogP contribution >= 0.6 is 0 Å². The monoisotopic (exact) mass is 319 g/mol. The van der Waals surface area contributed by atoms with E-state index < -0.39 is 0 Å². The van der Waals surface area contributed by atoms with Gasteiger partial charge < -0.3 is 10.6 Å². The minimum Gasteiger partial charge on any atom is -0.352 e. The Hall–Kier alpha value is -1.46. The van der Waals surface area contributed by atoms with Gasteiger partial charge in [-0.3, -0.25) is 9.69 Å². The van der Waals surface area contributed by atoms with Crippen molar-refractivity contribution in [3.63, 3.8) is 0 Å². The number of likely N-dealkylation sites (tertiary alicyclic amines) is 1. The molecule has 0 radical (unpaired) electrons. The Morgan fingerprint density at radius 2 is 1.83 bits per heavy atom. The van der Waals surface area contributed by atoms with Gasteiger partial charge in [-0.2, -0.15) is 0 Å². The van der Waals surface area contributed by atoms with Crippen LogP contribution in [0, 0.1) is 11.7 Å². The molecule has 1 aromatic carbocycles. The van der Waals surface area contributed by atoms with Crippen LogP contribution in [0.5, 0.6) is 0 Å². The molecule has 0 atom stereocenters. The van der Waals surface area contributed by atoms with Crippen molar-refractivity contribution in [2.45, 2.75) is 38.3 Å². The van der Waals surface area contributed by atoms with Gasteiger partial charge in [0.05, 0.1) is 6.54 Å². The molecule has 0 aromatic heterocycles. The number of hydrogen-bond donors (Lipinski definition) is 2. The van der Waals surface area contributed by atoms with Gasteiger partial charge in [0, 0.05) is 25.7 Å². The zero-order valence-electron chi connectivity index (χ0n) is 13.6. The number of carbonyl (C=O) groups is 1. The summed E-state index contributed by atoms with van der Waals surface area (Å²) in [6, 6.07) is 6.99. The van der Waals surface area contributed by atoms with E-state index >= 15 is 0 Å². The molecular formula is C18H26FN3O. The third-order valence-corrected chi connectivity index (χ3v) is 4.69. The van der Waals surface area contributed by atoms with E-state index in [0.29, 0.717) is 6.54 Å². The number of hydrogen-bond acceptors (Lipinski definition) is 3. The lowest BCUT2D eigenvalue weighted by molar-refractivity contribution is -0.121. The second-order valence-electron chi connectivity index (χ2n) is 6.82. The highest BCUT2D eigenvalue weighted by Crippen LogP contribution is 2.27. The Balaban J connectivity index is 1.32. The summed E-state index contributed by atoms with van der Waals surface area (Å²) < 4.78 is 12.9. The molecule has 2 N–H and O–H groups in total. The van der Waals surface area contributed by atoms with E-state index in [2.05, 4.69) is 15.5 Å². The van der Waals surface area contributed by atoms with Crippen molar-refractivity contribution in [1.29, 1.82) is 0 Å². The first-order valence-corrected chi connectivity index (χ1v) is 8.66. The molecule has 1 saturated heterocycles. The van der Waals surface area contributed by atoms with Gasteiger partial charge in [0.2, 0.25) is 5.91 Å². The largest absolute Gasteiger partial charge is 0.352 e. The minimum atomic E-state index is -0.189. The number of nitrogens with zero attached hydrogens (tertiary/aromatic N) is 1. The van der Waals surface area contributed by atoms with Gasteiger partial charge in [-0.05, 0) is 55.8 Å². The van der Waals surface area contributed by atoms with Crippen molar-refractivity contribution >= 4 is 5.91 Å². The van der Waals surface area contributed by atoms with Crippen LogP contribution in [0.1, 0.15) is 31.2 Å². The minimum absolute atomic E-state index is 0.114. The zero-order chi connectivity index (χ0) is 16.1. The molecule has 1 amide bonds. The number of carbonyl (C=O) groups excluding carboxylic acids is 1.